The molecule has 0 aliphatic carbocycles. The highest BCUT2D eigenvalue weighted by Crippen LogP contribution is 2.28. The Morgan fingerprint density at radius 2 is 1.33 bits per heavy atom. The highest BCUT2D eigenvalue weighted by atomic mass is 16.5. The van der Waals surface area contributed by atoms with E-state index in [1.54, 1.807) is 24.3 Å². The third kappa shape index (κ3) is 7.92. The third-order valence-corrected chi connectivity index (χ3v) is 5.72. The van der Waals surface area contributed by atoms with E-state index in [0.29, 0.717) is 17.7 Å². The van der Waals surface area contributed by atoms with Gasteiger partial charge in [0.25, 0.3) is 5.78 Å². The Bertz CT molecular complexity index is 685. The number of nitrogens with zero attached hydrogens (tertiary/aromatic N) is 1. The number of rotatable bonds is 16. The number of esters is 1. The number of ketones is 1. The first-order valence-electron chi connectivity index (χ1n) is 11.8. The molecule has 0 atom stereocenters. The molecular weight excluding hydrogens is 378 g/mol. The zero-order valence-corrected chi connectivity index (χ0v) is 18.5. The molecule has 30 heavy (non-hydrogen) atoms. The average Bonchev–Trinajstić information content (AvgIpc) is 3.00. The normalized spacial score (nSPS) is 13.0. The fourth-order valence-electron chi connectivity index (χ4n) is 3.87. The summed E-state index contributed by atoms with van der Waals surface area (Å²) in [6, 6.07) is 6.78. The number of unbranched alkanes of at least 4 members (excludes halogenated alkanes) is 12. The number of benzene rings is 1. The number of para-hydroxylation sites is 1. The molecular formula is C25H37NO4. The van der Waals surface area contributed by atoms with Gasteiger partial charge in [0, 0.05) is 6.42 Å². The molecule has 0 radical (unpaired) electrons. The van der Waals surface area contributed by atoms with Crippen LogP contribution in [0.15, 0.2) is 24.3 Å². The number of hydrogen-bond acceptors (Lipinski definition) is 4. The summed E-state index contributed by atoms with van der Waals surface area (Å²) < 4.78 is 5.22. The minimum Gasteiger partial charge on any atom is -0.444 e. The Kier molecular flexibility index (Phi) is 11.2. The van der Waals surface area contributed by atoms with Crippen LogP contribution in [-0.4, -0.2) is 24.4 Å². The van der Waals surface area contributed by atoms with Crippen molar-refractivity contribution in [2.75, 3.05) is 11.6 Å². The molecule has 0 spiro atoms. The van der Waals surface area contributed by atoms with Crippen molar-refractivity contribution in [1.82, 2.24) is 0 Å². The maximum absolute atomic E-state index is 12.0. The Hall–Kier alpha value is -2.17. The molecule has 5 heteroatoms. The molecule has 166 valence electrons. The molecule has 1 heterocycles. The lowest BCUT2D eigenvalue weighted by Gasteiger charge is -2.16. The number of Topliss-reactive ketones (excluding diaryl/α,β-unsaturated/α-hetero) is 1. The van der Waals surface area contributed by atoms with Crippen molar-refractivity contribution in [3.05, 3.63) is 29.8 Å². The van der Waals surface area contributed by atoms with Crippen molar-refractivity contribution < 1.29 is 19.1 Å². The van der Waals surface area contributed by atoms with Crippen LogP contribution in [0.5, 0.6) is 0 Å². The van der Waals surface area contributed by atoms with E-state index in [4.69, 9.17) is 4.74 Å². The maximum atomic E-state index is 12.0. The highest BCUT2D eigenvalue weighted by molar-refractivity contribution is 6.52. The summed E-state index contributed by atoms with van der Waals surface area (Å²) in [4.78, 5) is 37.2. The summed E-state index contributed by atoms with van der Waals surface area (Å²) >= 11 is 0. The Labute approximate surface area is 181 Å². The number of hydrogen-bond donors (Lipinski definition) is 0. The molecule has 0 bridgehead atoms. The van der Waals surface area contributed by atoms with Crippen LogP contribution in [0.4, 0.5) is 5.69 Å². The quantitative estimate of drug-likeness (QED) is 0.183. The van der Waals surface area contributed by atoms with E-state index in [1.165, 1.54) is 69.1 Å². The summed E-state index contributed by atoms with van der Waals surface area (Å²) in [5, 5.41) is 0. The zero-order valence-electron chi connectivity index (χ0n) is 18.5. The monoisotopic (exact) mass is 415 g/mol. The van der Waals surface area contributed by atoms with E-state index < -0.39 is 11.7 Å². The molecule has 0 aromatic heterocycles. The second kappa shape index (κ2) is 13.9. The van der Waals surface area contributed by atoms with Crippen molar-refractivity contribution in [3.63, 3.8) is 0 Å². The molecule has 2 rings (SSSR count). The number of carbonyl (C=O) groups is 3. The van der Waals surface area contributed by atoms with Gasteiger partial charge in [-0.15, -0.1) is 0 Å². The Morgan fingerprint density at radius 3 is 1.93 bits per heavy atom. The SMILES string of the molecule is CCCCCCCCCCCCCCCC(=O)OCN1C(=O)C(=O)c2ccccc21. The van der Waals surface area contributed by atoms with Crippen LogP contribution in [-0.2, 0) is 14.3 Å². The second-order valence-electron chi connectivity index (χ2n) is 8.22. The van der Waals surface area contributed by atoms with Gasteiger partial charge in [-0.3, -0.25) is 19.3 Å². The number of ether oxygens (including phenoxy) is 1. The second-order valence-corrected chi connectivity index (χ2v) is 8.22. The van der Waals surface area contributed by atoms with E-state index >= 15 is 0 Å². The van der Waals surface area contributed by atoms with Gasteiger partial charge < -0.3 is 4.74 Å². The molecule has 5 nitrogen and oxygen atoms in total. The third-order valence-electron chi connectivity index (χ3n) is 5.72. The van der Waals surface area contributed by atoms with Crippen molar-refractivity contribution in [2.45, 2.75) is 96.8 Å². The minimum absolute atomic E-state index is 0.196. The van der Waals surface area contributed by atoms with Gasteiger partial charge in [0.05, 0.1) is 11.3 Å². The first-order valence-corrected chi connectivity index (χ1v) is 11.8. The van der Waals surface area contributed by atoms with E-state index in [9.17, 15) is 14.4 Å². The summed E-state index contributed by atoms with van der Waals surface area (Å²) in [7, 11) is 0. The van der Waals surface area contributed by atoms with Crippen LogP contribution in [0.1, 0.15) is 107 Å². The highest BCUT2D eigenvalue weighted by Gasteiger charge is 2.35. The van der Waals surface area contributed by atoms with E-state index in [0.717, 1.165) is 19.3 Å². The van der Waals surface area contributed by atoms with Crippen molar-refractivity contribution >= 4 is 23.3 Å². The molecule has 0 N–H and O–H groups in total. The molecule has 1 amide bonds. The molecule has 1 aromatic rings. The predicted octanol–water partition coefficient (Wildman–Crippen LogP) is 6.20. The lowest BCUT2D eigenvalue weighted by atomic mass is 10.0. The molecule has 0 saturated heterocycles. The minimum atomic E-state index is -0.634. The van der Waals surface area contributed by atoms with Crippen LogP contribution in [0.3, 0.4) is 0 Å². The van der Waals surface area contributed by atoms with Gasteiger partial charge in [-0.1, -0.05) is 96.1 Å². The summed E-state index contributed by atoms with van der Waals surface area (Å²) in [6.45, 7) is 2.06. The Morgan fingerprint density at radius 1 is 0.800 bits per heavy atom. The fraction of sp³-hybridized carbons (Fsp3) is 0.640. The first-order chi connectivity index (χ1) is 14.6. The summed E-state index contributed by atoms with van der Waals surface area (Å²) in [6.07, 6.45) is 16.7. The number of fused-ring (bicyclic) bond motifs is 1. The zero-order chi connectivity index (χ0) is 21.6. The van der Waals surface area contributed by atoms with Gasteiger partial charge in [-0.05, 0) is 18.6 Å². The van der Waals surface area contributed by atoms with Crippen LogP contribution in [0, 0.1) is 0 Å². The molecule has 1 aliphatic rings. The van der Waals surface area contributed by atoms with E-state index in [1.807, 2.05) is 0 Å². The van der Waals surface area contributed by atoms with Crippen molar-refractivity contribution in [3.8, 4) is 0 Å². The van der Waals surface area contributed by atoms with Gasteiger partial charge in [0.2, 0.25) is 0 Å². The molecule has 0 saturated carbocycles. The predicted molar refractivity (Wildman–Crippen MR) is 120 cm³/mol. The van der Waals surface area contributed by atoms with Gasteiger partial charge in [-0.2, -0.15) is 0 Å². The van der Waals surface area contributed by atoms with Gasteiger partial charge in [-0.25, -0.2) is 0 Å². The average molecular weight is 416 g/mol. The lowest BCUT2D eigenvalue weighted by molar-refractivity contribution is -0.144. The molecule has 1 aliphatic heterocycles. The molecule has 0 unspecified atom stereocenters. The topological polar surface area (TPSA) is 63.7 Å². The standard InChI is InChI=1S/C25H37NO4/c1-2-3-4-5-6-7-8-9-10-11-12-13-14-19-23(27)30-20-26-22-18-16-15-17-21(22)24(28)25(26)29/h15-18H,2-14,19-20H2,1H3. The lowest BCUT2D eigenvalue weighted by Crippen LogP contribution is -2.33. The number of carbonyl (C=O) groups excluding carboxylic acids is 3. The molecule has 1 aromatic carbocycles. The largest absolute Gasteiger partial charge is 0.444 e. The summed E-state index contributed by atoms with van der Waals surface area (Å²) in [5.74, 6) is -1.49. The van der Waals surface area contributed by atoms with Gasteiger partial charge in [0.15, 0.2) is 6.73 Å². The van der Waals surface area contributed by atoms with Gasteiger partial charge in [0.1, 0.15) is 0 Å². The van der Waals surface area contributed by atoms with E-state index in [-0.39, 0.29) is 12.7 Å². The van der Waals surface area contributed by atoms with Crippen LogP contribution in [0.25, 0.3) is 0 Å². The summed E-state index contributed by atoms with van der Waals surface area (Å²) in [5.41, 5.74) is 0.885. The van der Waals surface area contributed by atoms with Crippen LogP contribution < -0.4 is 4.90 Å². The van der Waals surface area contributed by atoms with Crippen LogP contribution >= 0.6 is 0 Å². The number of anilines is 1. The fourth-order valence-corrected chi connectivity index (χ4v) is 3.87. The Balaban J connectivity index is 1.46. The first kappa shape index (κ1) is 24.1. The smallest absolute Gasteiger partial charge is 0.307 e. The van der Waals surface area contributed by atoms with Crippen molar-refractivity contribution in [2.24, 2.45) is 0 Å². The van der Waals surface area contributed by atoms with Crippen molar-refractivity contribution in [1.29, 1.82) is 0 Å². The maximum Gasteiger partial charge on any atom is 0.307 e. The number of amides is 1. The van der Waals surface area contributed by atoms with Gasteiger partial charge >= 0.3 is 11.9 Å². The van der Waals surface area contributed by atoms with E-state index in [2.05, 4.69) is 6.92 Å². The van der Waals surface area contributed by atoms with Crippen LogP contribution in [0.2, 0.25) is 0 Å². The molecule has 0 fully saturated rings.